The number of hydrogen-bond acceptors (Lipinski definition) is 8. The Balaban J connectivity index is 1.86. The summed E-state index contributed by atoms with van der Waals surface area (Å²) in [6, 6.07) is -0.769. The van der Waals surface area contributed by atoms with Crippen LogP contribution >= 0.6 is 7.60 Å². The van der Waals surface area contributed by atoms with Gasteiger partial charge in [-0.15, -0.1) is 0 Å². The molecule has 2 rings (SSSR count). The fourth-order valence-corrected chi connectivity index (χ4v) is 1.80. The average molecular weight is 293 g/mol. The zero-order valence-electron chi connectivity index (χ0n) is 9.54. The van der Waals surface area contributed by atoms with Crippen LogP contribution in [0.5, 0.6) is 0 Å². The Bertz CT molecular complexity index is 475. The van der Waals surface area contributed by atoms with Crippen molar-refractivity contribution in [2.75, 3.05) is 13.1 Å². The van der Waals surface area contributed by atoms with Crippen LogP contribution in [0.1, 0.15) is 0 Å². The largest absolute Gasteiger partial charge is 0.370 e. The van der Waals surface area contributed by atoms with Crippen LogP contribution in [0.2, 0.25) is 0 Å². The number of guanidine groups is 1. The first-order valence-electron chi connectivity index (χ1n) is 5.08. The number of nitrogens with one attached hydrogen (secondary N) is 1. The predicted octanol–water partition coefficient (Wildman–Crippen LogP) is -2.49. The molecule has 1 amide bonds. The number of carbonyl (C=O) groups is 1. The maximum absolute atomic E-state index is 11.5. The summed E-state index contributed by atoms with van der Waals surface area (Å²) in [4.78, 5) is 41.5. The molecule has 2 atom stereocenters. The maximum Gasteiger partial charge on any atom is 0.351 e. The summed E-state index contributed by atoms with van der Waals surface area (Å²) in [7, 11) is -4.24. The van der Waals surface area contributed by atoms with Crippen molar-refractivity contribution in [2.45, 2.75) is 12.2 Å². The highest BCUT2D eigenvalue weighted by molar-refractivity contribution is 7.51. The normalized spacial score (nSPS) is 26.1. The number of amides is 1. The Morgan fingerprint density at radius 3 is 3.00 bits per heavy atom. The third kappa shape index (κ3) is 3.49. The molecule has 0 aliphatic carbocycles. The number of hydrogen-bond donors (Lipinski definition) is 4. The minimum absolute atomic E-state index is 0.0542. The number of carbonyl (C=O) groups excluding carboxylic acids is 1. The number of hydroxylamine groups is 2. The molecule has 0 saturated heterocycles. The summed E-state index contributed by atoms with van der Waals surface area (Å²) in [6.45, 7) is -0.419. The first-order chi connectivity index (χ1) is 8.87. The fraction of sp³-hybridized carbons (Fsp3) is 0.571. The van der Waals surface area contributed by atoms with Crippen LogP contribution in [0.15, 0.2) is 9.98 Å². The lowest BCUT2D eigenvalue weighted by atomic mass is 10.2. The number of rotatable bonds is 5. The van der Waals surface area contributed by atoms with Gasteiger partial charge in [0.2, 0.25) is 0 Å². The van der Waals surface area contributed by atoms with Gasteiger partial charge in [0, 0.05) is 0 Å². The van der Waals surface area contributed by atoms with Crippen LogP contribution in [0.25, 0.3) is 0 Å². The van der Waals surface area contributed by atoms with E-state index in [0.29, 0.717) is 0 Å². The second-order valence-corrected chi connectivity index (χ2v) is 5.32. The van der Waals surface area contributed by atoms with E-state index >= 15 is 0 Å². The highest BCUT2D eigenvalue weighted by Gasteiger charge is 2.40. The number of nitrogens with zero attached hydrogens (tertiary/aromatic N) is 3. The van der Waals surface area contributed by atoms with Gasteiger partial charge in [-0.05, 0) is 0 Å². The number of nitrogens with two attached hydrogens (primary N) is 1. The first kappa shape index (κ1) is 13.9. The van der Waals surface area contributed by atoms with Gasteiger partial charge in [0.05, 0.1) is 0 Å². The van der Waals surface area contributed by atoms with Crippen LogP contribution in [-0.2, 0) is 18.9 Å². The van der Waals surface area contributed by atoms with Crippen molar-refractivity contribution in [1.29, 1.82) is 0 Å². The molecule has 0 aromatic carbocycles. The third-order valence-corrected chi connectivity index (χ3v) is 2.74. The van der Waals surface area contributed by atoms with Gasteiger partial charge in [0.25, 0.3) is 5.91 Å². The van der Waals surface area contributed by atoms with Gasteiger partial charge in [-0.3, -0.25) is 19.7 Å². The van der Waals surface area contributed by atoms with Crippen molar-refractivity contribution in [3.63, 3.8) is 0 Å². The zero-order chi connectivity index (χ0) is 14.0. The Labute approximate surface area is 107 Å². The van der Waals surface area contributed by atoms with E-state index in [-0.39, 0.29) is 5.96 Å². The SMILES string of the molecule is NC1=NC2C(N=CN2OCOCP(=O)(O)O)C(=O)N1. The molecular weight excluding hydrogens is 281 g/mol. The van der Waals surface area contributed by atoms with Crippen molar-refractivity contribution >= 4 is 25.8 Å². The van der Waals surface area contributed by atoms with Gasteiger partial charge in [-0.2, -0.15) is 0 Å². The molecule has 0 spiro atoms. The van der Waals surface area contributed by atoms with E-state index in [1.807, 2.05) is 0 Å². The maximum atomic E-state index is 11.5. The molecule has 0 aromatic heterocycles. The van der Waals surface area contributed by atoms with Crippen LogP contribution in [0.4, 0.5) is 0 Å². The predicted molar refractivity (Wildman–Crippen MR) is 61.6 cm³/mol. The van der Waals surface area contributed by atoms with Crippen LogP contribution in [-0.4, -0.2) is 58.4 Å². The van der Waals surface area contributed by atoms with E-state index < -0.39 is 38.9 Å². The molecule has 11 nitrogen and oxygen atoms in total. The highest BCUT2D eigenvalue weighted by Crippen LogP contribution is 2.33. The van der Waals surface area contributed by atoms with E-state index in [0.717, 1.165) is 5.06 Å². The molecule has 5 N–H and O–H groups in total. The minimum atomic E-state index is -4.24. The number of aliphatic imine (C=N–C) groups is 2. The Morgan fingerprint density at radius 1 is 1.58 bits per heavy atom. The standard InChI is InChI=1S/C7H12N5O6P/c8-7-10-5-4(6(13)11-7)9-1-12(5)18-2-17-3-19(14,15)16/h1,4-5H,2-3H2,(H2,14,15,16)(H3,8,10,11,13). The van der Waals surface area contributed by atoms with E-state index in [4.69, 9.17) is 20.4 Å². The smallest absolute Gasteiger partial charge is 0.351 e. The minimum Gasteiger partial charge on any atom is -0.370 e. The van der Waals surface area contributed by atoms with Crippen molar-refractivity contribution in [2.24, 2.45) is 15.7 Å². The van der Waals surface area contributed by atoms with Gasteiger partial charge in [-0.1, -0.05) is 0 Å². The summed E-state index contributed by atoms with van der Waals surface area (Å²) in [5.41, 5.74) is 5.40. The molecule has 0 saturated carbocycles. The number of ether oxygens (including phenoxy) is 1. The third-order valence-electron chi connectivity index (χ3n) is 2.22. The Morgan fingerprint density at radius 2 is 2.32 bits per heavy atom. The van der Waals surface area contributed by atoms with E-state index in [2.05, 4.69) is 20.0 Å². The van der Waals surface area contributed by atoms with Gasteiger partial charge >= 0.3 is 7.60 Å². The highest BCUT2D eigenvalue weighted by atomic mass is 31.2. The molecule has 0 radical (unpaired) electrons. The van der Waals surface area contributed by atoms with Gasteiger partial charge in [-0.25, -0.2) is 14.9 Å². The Kier molecular flexibility index (Phi) is 3.83. The Hall–Kier alpha value is -1.52. The summed E-state index contributed by atoms with van der Waals surface area (Å²) in [5, 5.41) is 3.45. The summed E-state index contributed by atoms with van der Waals surface area (Å²) < 4.78 is 15.1. The first-order valence-corrected chi connectivity index (χ1v) is 6.87. The molecule has 2 aliphatic heterocycles. The average Bonchev–Trinajstić information content (AvgIpc) is 2.66. The van der Waals surface area contributed by atoms with Gasteiger partial charge in [0.1, 0.15) is 6.34 Å². The topological polar surface area (TPSA) is 159 Å². The summed E-state index contributed by atoms with van der Waals surface area (Å²) in [5.74, 6) is -0.461. The second-order valence-electron chi connectivity index (χ2n) is 3.73. The van der Waals surface area contributed by atoms with Crippen molar-refractivity contribution in [3.05, 3.63) is 0 Å². The molecule has 2 heterocycles. The summed E-state index contributed by atoms with van der Waals surface area (Å²) >= 11 is 0. The van der Waals surface area contributed by atoms with Crippen molar-refractivity contribution in [3.8, 4) is 0 Å². The van der Waals surface area contributed by atoms with Crippen molar-refractivity contribution < 1.29 is 28.7 Å². The summed E-state index contributed by atoms with van der Waals surface area (Å²) in [6.07, 6.45) is -0.275. The molecule has 12 heteroatoms. The molecule has 0 fully saturated rings. The lowest BCUT2D eigenvalue weighted by Crippen LogP contribution is -2.53. The van der Waals surface area contributed by atoms with Gasteiger partial charge < -0.3 is 20.3 Å². The van der Waals surface area contributed by atoms with Gasteiger partial charge in [0.15, 0.2) is 31.3 Å². The van der Waals surface area contributed by atoms with Crippen LogP contribution in [0, 0.1) is 0 Å². The fourth-order valence-electron chi connectivity index (χ4n) is 1.49. The molecule has 106 valence electrons. The zero-order valence-corrected chi connectivity index (χ0v) is 10.4. The lowest BCUT2D eigenvalue weighted by Gasteiger charge is -2.26. The van der Waals surface area contributed by atoms with E-state index in [9.17, 15) is 9.36 Å². The second kappa shape index (κ2) is 5.23. The van der Waals surface area contributed by atoms with E-state index in [1.54, 1.807) is 0 Å². The molecule has 19 heavy (non-hydrogen) atoms. The van der Waals surface area contributed by atoms with Crippen LogP contribution < -0.4 is 11.1 Å². The quantitative estimate of drug-likeness (QED) is 0.246. The number of fused-ring (bicyclic) bond motifs is 1. The van der Waals surface area contributed by atoms with Crippen molar-refractivity contribution in [1.82, 2.24) is 10.4 Å². The molecule has 2 aliphatic rings. The molecule has 2 unspecified atom stereocenters. The molecular formula is C7H12N5O6P. The van der Waals surface area contributed by atoms with Crippen LogP contribution in [0.3, 0.4) is 0 Å². The van der Waals surface area contributed by atoms with E-state index in [1.165, 1.54) is 6.34 Å². The molecule has 0 aromatic rings. The monoisotopic (exact) mass is 293 g/mol. The molecule has 0 bridgehead atoms. The lowest BCUT2D eigenvalue weighted by molar-refractivity contribution is -0.191.